The van der Waals surface area contributed by atoms with Crippen molar-refractivity contribution in [3.05, 3.63) is 71.3 Å². The molecule has 20 heavy (non-hydrogen) atoms. The van der Waals surface area contributed by atoms with Crippen molar-refractivity contribution in [2.45, 2.75) is 25.6 Å². The van der Waals surface area contributed by atoms with Gasteiger partial charge in [0.1, 0.15) is 0 Å². The fourth-order valence-electron chi connectivity index (χ4n) is 2.26. The van der Waals surface area contributed by atoms with Gasteiger partial charge < -0.3 is 5.32 Å². The van der Waals surface area contributed by atoms with Crippen LogP contribution in [0.3, 0.4) is 0 Å². The molecule has 0 radical (unpaired) electrons. The van der Waals surface area contributed by atoms with Crippen molar-refractivity contribution >= 4 is 11.8 Å². The molecule has 0 heterocycles. The molecule has 1 nitrogen and oxygen atoms in total. The highest BCUT2D eigenvalue weighted by molar-refractivity contribution is 7.98. The summed E-state index contributed by atoms with van der Waals surface area (Å²) in [6.07, 6.45) is 0. The Kier molecular flexibility index (Phi) is 6.16. The minimum atomic E-state index is 0.440. The minimum absolute atomic E-state index is 0.440. The van der Waals surface area contributed by atoms with Crippen molar-refractivity contribution in [2.24, 2.45) is 0 Å². The molecule has 0 saturated heterocycles. The first-order valence-corrected chi connectivity index (χ1v) is 8.37. The molecule has 0 spiro atoms. The van der Waals surface area contributed by atoms with E-state index in [2.05, 4.69) is 73.8 Å². The van der Waals surface area contributed by atoms with Crippen molar-refractivity contribution in [1.82, 2.24) is 5.32 Å². The molecule has 1 N–H and O–H groups in total. The van der Waals surface area contributed by atoms with Crippen molar-refractivity contribution in [3.63, 3.8) is 0 Å². The molecular formula is C18H23NS. The van der Waals surface area contributed by atoms with Crippen LogP contribution in [-0.4, -0.2) is 12.3 Å². The van der Waals surface area contributed by atoms with Crippen LogP contribution in [0.5, 0.6) is 0 Å². The zero-order valence-corrected chi connectivity index (χ0v) is 13.1. The highest BCUT2D eigenvalue weighted by atomic mass is 32.2. The van der Waals surface area contributed by atoms with Crippen LogP contribution in [0.15, 0.2) is 54.6 Å². The first-order chi connectivity index (χ1) is 9.81. The molecule has 0 aliphatic heterocycles. The summed E-state index contributed by atoms with van der Waals surface area (Å²) in [7, 11) is 0. The summed E-state index contributed by atoms with van der Waals surface area (Å²) >= 11 is 2.00. The Morgan fingerprint density at radius 2 is 1.70 bits per heavy atom. The fourth-order valence-corrected chi connectivity index (χ4v) is 3.47. The maximum atomic E-state index is 3.58. The Labute approximate surface area is 126 Å². The normalized spacial score (nSPS) is 12.3. The lowest BCUT2D eigenvalue weighted by Crippen LogP contribution is -2.22. The molecule has 2 rings (SSSR count). The van der Waals surface area contributed by atoms with Gasteiger partial charge in [-0.25, -0.2) is 0 Å². The van der Waals surface area contributed by atoms with Crippen LogP contribution in [0.1, 0.15) is 29.7 Å². The highest BCUT2D eigenvalue weighted by Crippen LogP contribution is 2.22. The quantitative estimate of drug-likeness (QED) is 0.799. The Morgan fingerprint density at radius 1 is 1.00 bits per heavy atom. The van der Waals surface area contributed by atoms with Crippen LogP contribution in [-0.2, 0) is 5.75 Å². The predicted octanol–water partition coefficient (Wildman–Crippen LogP) is 4.58. The van der Waals surface area contributed by atoms with Gasteiger partial charge >= 0.3 is 0 Å². The highest BCUT2D eigenvalue weighted by Gasteiger charge is 2.09. The molecule has 0 aliphatic rings. The van der Waals surface area contributed by atoms with Crippen molar-refractivity contribution in [2.75, 3.05) is 12.3 Å². The molecule has 0 aromatic heterocycles. The van der Waals surface area contributed by atoms with Gasteiger partial charge in [-0.2, -0.15) is 11.8 Å². The van der Waals surface area contributed by atoms with Gasteiger partial charge in [-0.05, 0) is 30.2 Å². The van der Waals surface area contributed by atoms with Gasteiger partial charge in [0.05, 0.1) is 0 Å². The zero-order valence-electron chi connectivity index (χ0n) is 12.3. The molecule has 0 saturated carbocycles. The molecule has 2 heteroatoms. The summed E-state index contributed by atoms with van der Waals surface area (Å²) in [6, 6.07) is 19.8. The number of rotatable bonds is 7. The second kappa shape index (κ2) is 8.13. The van der Waals surface area contributed by atoms with Crippen LogP contribution in [0.4, 0.5) is 0 Å². The second-order valence-electron chi connectivity index (χ2n) is 4.96. The Hall–Kier alpha value is -1.25. The monoisotopic (exact) mass is 285 g/mol. The average Bonchev–Trinajstić information content (AvgIpc) is 2.49. The van der Waals surface area contributed by atoms with Crippen LogP contribution in [0, 0.1) is 6.92 Å². The Morgan fingerprint density at radius 3 is 2.40 bits per heavy atom. The van der Waals surface area contributed by atoms with E-state index in [-0.39, 0.29) is 0 Å². The summed E-state index contributed by atoms with van der Waals surface area (Å²) in [5.41, 5.74) is 4.21. The van der Waals surface area contributed by atoms with E-state index in [1.165, 1.54) is 16.7 Å². The maximum absolute atomic E-state index is 3.58. The van der Waals surface area contributed by atoms with Crippen LogP contribution in [0.25, 0.3) is 0 Å². The van der Waals surface area contributed by atoms with Gasteiger partial charge in [0.25, 0.3) is 0 Å². The van der Waals surface area contributed by atoms with E-state index in [9.17, 15) is 0 Å². The first-order valence-electron chi connectivity index (χ1n) is 7.22. The third-order valence-corrected chi connectivity index (χ3v) is 4.54. The van der Waals surface area contributed by atoms with E-state index in [0.717, 1.165) is 18.1 Å². The van der Waals surface area contributed by atoms with Crippen LogP contribution >= 0.6 is 11.8 Å². The largest absolute Gasteiger partial charge is 0.310 e. The number of benzene rings is 2. The number of hydrogen-bond acceptors (Lipinski definition) is 2. The lowest BCUT2D eigenvalue weighted by Gasteiger charge is -2.18. The molecule has 0 aliphatic carbocycles. The average molecular weight is 285 g/mol. The Bertz CT molecular complexity index is 510. The van der Waals surface area contributed by atoms with E-state index < -0.39 is 0 Å². The first kappa shape index (κ1) is 15.1. The molecule has 2 aromatic carbocycles. The molecule has 1 unspecified atom stereocenters. The molecule has 0 amide bonds. The van der Waals surface area contributed by atoms with Crippen LogP contribution < -0.4 is 5.32 Å². The number of aryl methyl sites for hydroxylation is 1. The standard InChI is InChI=1S/C18H23NS/c1-3-19-18(16-10-5-4-6-11-16)14-20-13-17-12-8-7-9-15(17)2/h4-12,18-19H,3,13-14H2,1-2H3. The molecule has 106 valence electrons. The van der Waals surface area contributed by atoms with E-state index in [4.69, 9.17) is 0 Å². The topological polar surface area (TPSA) is 12.0 Å². The van der Waals surface area contributed by atoms with E-state index >= 15 is 0 Å². The zero-order chi connectivity index (χ0) is 14.2. The number of hydrogen-bond donors (Lipinski definition) is 1. The van der Waals surface area contributed by atoms with Crippen molar-refractivity contribution < 1.29 is 0 Å². The van der Waals surface area contributed by atoms with Gasteiger partial charge in [-0.3, -0.25) is 0 Å². The van der Waals surface area contributed by atoms with Gasteiger partial charge in [0.15, 0.2) is 0 Å². The van der Waals surface area contributed by atoms with E-state index in [0.29, 0.717) is 6.04 Å². The molecule has 2 aromatic rings. The van der Waals surface area contributed by atoms with Crippen molar-refractivity contribution in [1.29, 1.82) is 0 Å². The van der Waals surface area contributed by atoms with Gasteiger partial charge in [0.2, 0.25) is 0 Å². The number of nitrogens with one attached hydrogen (secondary N) is 1. The fraction of sp³-hybridized carbons (Fsp3) is 0.333. The van der Waals surface area contributed by atoms with E-state index in [1.807, 2.05) is 11.8 Å². The second-order valence-corrected chi connectivity index (χ2v) is 5.99. The molecular weight excluding hydrogens is 262 g/mol. The van der Waals surface area contributed by atoms with Crippen LogP contribution in [0.2, 0.25) is 0 Å². The van der Waals surface area contributed by atoms with Gasteiger partial charge in [-0.1, -0.05) is 61.5 Å². The predicted molar refractivity (Wildman–Crippen MR) is 90.2 cm³/mol. The third kappa shape index (κ3) is 4.39. The molecule has 0 bridgehead atoms. The summed E-state index contributed by atoms with van der Waals surface area (Å²) in [4.78, 5) is 0. The van der Waals surface area contributed by atoms with Gasteiger partial charge in [0, 0.05) is 17.5 Å². The summed E-state index contributed by atoms with van der Waals surface area (Å²) in [5.74, 6) is 2.19. The summed E-state index contributed by atoms with van der Waals surface area (Å²) in [6.45, 7) is 5.36. The molecule has 0 fully saturated rings. The lowest BCUT2D eigenvalue weighted by molar-refractivity contribution is 0.606. The van der Waals surface area contributed by atoms with Crippen molar-refractivity contribution in [3.8, 4) is 0 Å². The number of thioether (sulfide) groups is 1. The summed E-state index contributed by atoms with van der Waals surface area (Å²) < 4.78 is 0. The third-order valence-electron chi connectivity index (χ3n) is 3.46. The lowest BCUT2D eigenvalue weighted by atomic mass is 10.1. The molecule has 1 atom stereocenters. The summed E-state index contributed by atoms with van der Waals surface area (Å²) in [5, 5.41) is 3.58. The maximum Gasteiger partial charge on any atom is 0.0411 e. The van der Waals surface area contributed by atoms with Gasteiger partial charge in [-0.15, -0.1) is 0 Å². The minimum Gasteiger partial charge on any atom is -0.310 e. The van der Waals surface area contributed by atoms with E-state index in [1.54, 1.807) is 0 Å². The smallest absolute Gasteiger partial charge is 0.0411 e. The Balaban J connectivity index is 1.92. The SMILES string of the molecule is CCNC(CSCc1ccccc1C)c1ccccc1.